The smallest absolute Gasteiger partial charge is 0.227 e. The second kappa shape index (κ2) is 10.8. The van der Waals surface area contributed by atoms with Crippen molar-refractivity contribution in [2.45, 2.75) is 20.4 Å². The summed E-state index contributed by atoms with van der Waals surface area (Å²) in [5.74, 6) is 0.586. The second-order valence-electron chi connectivity index (χ2n) is 8.65. The molecule has 35 heavy (non-hydrogen) atoms. The SMILES string of the molecule is CCNc1nc(C)c(-c2ccnc(Nc3ccc(N4CCN(Cc5ccccc5)CC4)cc3)n2)s1. The minimum Gasteiger partial charge on any atom is -0.369 e. The molecule has 5 rings (SSSR count). The lowest BCUT2D eigenvalue weighted by Crippen LogP contribution is -2.45. The molecular formula is C27H31N7S. The number of rotatable bonds is 8. The highest BCUT2D eigenvalue weighted by Gasteiger charge is 2.17. The van der Waals surface area contributed by atoms with Gasteiger partial charge in [-0.3, -0.25) is 4.90 Å². The molecule has 0 atom stereocenters. The normalized spacial score (nSPS) is 14.2. The molecule has 0 saturated carbocycles. The molecule has 180 valence electrons. The molecule has 0 aliphatic carbocycles. The number of aryl methyl sites for hydroxylation is 1. The van der Waals surface area contributed by atoms with E-state index >= 15 is 0 Å². The number of hydrogen-bond acceptors (Lipinski definition) is 8. The second-order valence-corrected chi connectivity index (χ2v) is 9.65. The fourth-order valence-corrected chi connectivity index (χ4v) is 5.30. The van der Waals surface area contributed by atoms with E-state index < -0.39 is 0 Å². The van der Waals surface area contributed by atoms with Gasteiger partial charge in [-0.1, -0.05) is 41.7 Å². The Kier molecular flexibility index (Phi) is 7.20. The maximum atomic E-state index is 4.73. The van der Waals surface area contributed by atoms with Crippen LogP contribution >= 0.6 is 11.3 Å². The highest BCUT2D eigenvalue weighted by Crippen LogP contribution is 2.32. The van der Waals surface area contributed by atoms with Crippen LogP contribution in [0.2, 0.25) is 0 Å². The molecule has 2 N–H and O–H groups in total. The number of nitrogens with zero attached hydrogens (tertiary/aromatic N) is 5. The van der Waals surface area contributed by atoms with Gasteiger partial charge in [0.15, 0.2) is 5.13 Å². The molecular weight excluding hydrogens is 454 g/mol. The average Bonchev–Trinajstić information content (AvgIpc) is 3.26. The van der Waals surface area contributed by atoms with Gasteiger partial charge in [0.25, 0.3) is 0 Å². The van der Waals surface area contributed by atoms with Gasteiger partial charge in [-0.2, -0.15) is 0 Å². The van der Waals surface area contributed by atoms with Crippen molar-refractivity contribution < 1.29 is 0 Å². The molecule has 0 unspecified atom stereocenters. The molecule has 2 aromatic heterocycles. The van der Waals surface area contributed by atoms with Crippen LogP contribution in [0.1, 0.15) is 18.2 Å². The molecule has 0 spiro atoms. The number of aromatic nitrogens is 3. The van der Waals surface area contributed by atoms with E-state index in [1.54, 1.807) is 17.5 Å². The van der Waals surface area contributed by atoms with E-state index in [9.17, 15) is 0 Å². The van der Waals surface area contributed by atoms with Gasteiger partial charge in [-0.05, 0) is 49.7 Å². The topological polar surface area (TPSA) is 69.2 Å². The summed E-state index contributed by atoms with van der Waals surface area (Å²) in [5, 5.41) is 7.55. The van der Waals surface area contributed by atoms with Crippen LogP contribution in [0.4, 0.5) is 22.5 Å². The van der Waals surface area contributed by atoms with Crippen molar-refractivity contribution in [1.82, 2.24) is 19.9 Å². The van der Waals surface area contributed by atoms with Crippen molar-refractivity contribution in [2.24, 2.45) is 0 Å². The van der Waals surface area contributed by atoms with E-state index in [0.717, 1.165) is 66.4 Å². The van der Waals surface area contributed by atoms with Crippen molar-refractivity contribution >= 4 is 33.8 Å². The van der Waals surface area contributed by atoms with Gasteiger partial charge in [0.2, 0.25) is 5.95 Å². The Bertz CT molecular complexity index is 1230. The van der Waals surface area contributed by atoms with E-state index in [-0.39, 0.29) is 0 Å². The molecule has 4 aromatic rings. The van der Waals surface area contributed by atoms with Gasteiger partial charge in [-0.25, -0.2) is 15.0 Å². The van der Waals surface area contributed by atoms with Crippen molar-refractivity contribution in [3.63, 3.8) is 0 Å². The fraction of sp³-hybridized carbons (Fsp3) is 0.296. The van der Waals surface area contributed by atoms with E-state index in [1.807, 2.05) is 13.0 Å². The maximum absolute atomic E-state index is 4.73. The molecule has 8 heteroatoms. The van der Waals surface area contributed by atoms with Gasteiger partial charge >= 0.3 is 0 Å². The fourth-order valence-electron chi connectivity index (χ4n) is 4.30. The standard InChI is InChI=1S/C27H31N7S/c1-3-28-27-30-20(2)25(35-27)24-13-14-29-26(32-24)31-22-9-11-23(12-10-22)34-17-15-33(16-18-34)19-21-7-5-4-6-8-21/h4-14H,3,15-19H2,1-2H3,(H,28,30)(H,29,31,32). The predicted octanol–water partition coefficient (Wildman–Crippen LogP) is 5.41. The van der Waals surface area contributed by atoms with Crippen LogP contribution in [-0.2, 0) is 6.54 Å². The zero-order valence-corrected chi connectivity index (χ0v) is 21.1. The lowest BCUT2D eigenvalue weighted by molar-refractivity contribution is 0.250. The largest absolute Gasteiger partial charge is 0.369 e. The molecule has 7 nitrogen and oxygen atoms in total. The predicted molar refractivity (Wildman–Crippen MR) is 146 cm³/mol. The van der Waals surface area contributed by atoms with Crippen molar-refractivity contribution in [2.75, 3.05) is 48.3 Å². The van der Waals surface area contributed by atoms with Gasteiger partial charge in [0.05, 0.1) is 16.3 Å². The summed E-state index contributed by atoms with van der Waals surface area (Å²) in [5.41, 5.74) is 5.46. The first kappa shape index (κ1) is 23.3. The quantitative estimate of drug-likeness (QED) is 0.346. The Morgan fingerprint density at radius 2 is 1.69 bits per heavy atom. The number of hydrogen-bond donors (Lipinski definition) is 2. The maximum Gasteiger partial charge on any atom is 0.227 e. The van der Waals surface area contributed by atoms with Crippen molar-refractivity contribution in [1.29, 1.82) is 0 Å². The molecule has 0 amide bonds. The first-order valence-corrected chi connectivity index (χ1v) is 12.9. The van der Waals surface area contributed by atoms with Gasteiger partial charge < -0.3 is 15.5 Å². The molecule has 1 aliphatic heterocycles. The van der Waals surface area contributed by atoms with E-state index in [1.165, 1.54) is 11.3 Å². The van der Waals surface area contributed by atoms with Crippen LogP contribution in [0, 0.1) is 6.92 Å². The minimum absolute atomic E-state index is 0.586. The zero-order valence-electron chi connectivity index (χ0n) is 20.2. The van der Waals surface area contributed by atoms with Crippen LogP contribution < -0.4 is 15.5 Å². The third-order valence-electron chi connectivity index (χ3n) is 6.12. The first-order chi connectivity index (χ1) is 17.2. The Balaban J connectivity index is 1.19. The van der Waals surface area contributed by atoms with Crippen LogP contribution in [0.3, 0.4) is 0 Å². The Morgan fingerprint density at radius 3 is 2.43 bits per heavy atom. The molecule has 2 aromatic carbocycles. The number of benzene rings is 2. The summed E-state index contributed by atoms with van der Waals surface area (Å²) in [4.78, 5) is 19.8. The average molecular weight is 486 g/mol. The number of nitrogens with one attached hydrogen (secondary N) is 2. The third-order valence-corrected chi connectivity index (χ3v) is 7.26. The van der Waals surface area contributed by atoms with Crippen LogP contribution in [0.25, 0.3) is 10.6 Å². The highest BCUT2D eigenvalue weighted by molar-refractivity contribution is 7.19. The van der Waals surface area contributed by atoms with Gasteiger partial charge in [-0.15, -0.1) is 0 Å². The number of thiazole rings is 1. The van der Waals surface area contributed by atoms with Gasteiger partial charge in [0, 0.05) is 56.8 Å². The first-order valence-electron chi connectivity index (χ1n) is 12.1. The van der Waals surface area contributed by atoms with Crippen molar-refractivity contribution in [3.8, 4) is 10.6 Å². The summed E-state index contributed by atoms with van der Waals surface area (Å²) in [6.45, 7) is 10.2. The minimum atomic E-state index is 0.586. The molecule has 1 aliphatic rings. The van der Waals surface area contributed by atoms with Crippen LogP contribution in [-0.4, -0.2) is 52.6 Å². The molecule has 1 fully saturated rings. The Labute approximate surface area is 210 Å². The summed E-state index contributed by atoms with van der Waals surface area (Å²) in [6.07, 6.45) is 1.79. The molecule has 0 bridgehead atoms. The number of piperazine rings is 1. The van der Waals surface area contributed by atoms with Gasteiger partial charge in [0.1, 0.15) is 0 Å². The molecule has 3 heterocycles. The monoisotopic (exact) mass is 485 g/mol. The number of anilines is 4. The Hall–Kier alpha value is -3.49. The van der Waals surface area contributed by atoms with Crippen LogP contribution in [0.5, 0.6) is 0 Å². The van der Waals surface area contributed by atoms with E-state index in [2.05, 4.69) is 91.9 Å². The summed E-state index contributed by atoms with van der Waals surface area (Å²) < 4.78 is 0. The summed E-state index contributed by atoms with van der Waals surface area (Å²) >= 11 is 1.62. The lowest BCUT2D eigenvalue weighted by Gasteiger charge is -2.36. The zero-order chi connectivity index (χ0) is 24.0. The van der Waals surface area contributed by atoms with E-state index in [0.29, 0.717) is 5.95 Å². The molecule has 0 radical (unpaired) electrons. The summed E-state index contributed by atoms with van der Waals surface area (Å²) in [6, 6.07) is 21.2. The Morgan fingerprint density at radius 1 is 0.914 bits per heavy atom. The van der Waals surface area contributed by atoms with E-state index in [4.69, 9.17) is 4.98 Å². The van der Waals surface area contributed by atoms with Crippen LogP contribution in [0.15, 0.2) is 66.9 Å². The van der Waals surface area contributed by atoms with Crippen molar-refractivity contribution in [3.05, 3.63) is 78.1 Å². The third kappa shape index (κ3) is 5.78. The molecule has 1 saturated heterocycles. The lowest BCUT2D eigenvalue weighted by atomic mass is 10.2. The summed E-state index contributed by atoms with van der Waals surface area (Å²) in [7, 11) is 0. The highest BCUT2D eigenvalue weighted by atomic mass is 32.1.